The van der Waals surface area contributed by atoms with Gasteiger partial charge < -0.3 is 14.8 Å². The van der Waals surface area contributed by atoms with E-state index < -0.39 is 0 Å². The Labute approximate surface area is 173 Å². The Morgan fingerprint density at radius 2 is 1.86 bits per heavy atom. The maximum Gasteiger partial charge on any atom is 0.238 e. The van der Waals surface area contributed by atoms with Crippen LogP contribution in [0.3, 0.4) is 0 Å². The highest BCUT2D eigenvalue weighted by Crippen LogP contribution is 2.19. The van der Waals surface area contributed by atoms with Gasteiger partial charge in [-0.1, -0.05) is 11.8 Å². The second-order valence-electron chi connectivity index (χ2n) is 7.12. The molecule has 0 spiro atoms. The van der Waals surface area contributed by atoms with E-state index in [-0.39, 0.29) is 30.2 Å². The minimum Gasteiger partial charge on any atom is -0.339 e. The first-order chi connectivity index (χ1) is 13.9. The van der Waals surface area contributed by atoms with Crippen LogP contribution in [-0.4, -0.2) is 74.9 Å². The third-order valence-corrected chi connectivity index (χ3v) is 5.58. The Hall–Kier alpha value is -2.46. The zero-order valence-electron chi connectivity index (χ0n) is 16.5. The maximum absolute atomic E-state index is 12.9. The van der Waals surface area contributed by atoms with Crippen LogP contribution in [0.15, 0.2) is 35.7 Å². The summed E-state index contributed by atoms with van der Waals surface area (Å²) >= 11 is 1.39. The molecule has 2 amide bonds. The van der Waals surface area contributed by atoms with Gasteiger partial charge in [-0.2, -0.15) is 0 Å². The number of hydrogen-bond donors (Lipinski definition) is 1. The molecule has 0 unspecified atom stereocenters. The summed E-state index contributed by atoms with van der Waals surface area (Å²) in [6.45, 7) is 6.76. The van der Waals surface area contributed by atoms with E-state index in [1.165, 1.54) is 36.0 Å². The lowest BCUT2D eigenvalue weighted by molar-refractivity contribution is -0.130. The van der Waals surface area contributed by atoms with Crippen molar-refractivity contribution in [1.29, 1.82) is 0 Å². The van der Waals surface area contributed by atoms with E-state index in [4.69, 9.17) is 0 Å². The molecule has 0 radical (unpaired) electrons. The van der Waals surface area contributed by atoms with E-state index in [0.717, 1.165) is 5.16 Å². The molecule has 156 valence electrons. The Kier molecular flexibility index (Phi) is 7.21. The van der Waals surface area contributed by atoms with Crippen LogP contribution in [0.5, 0.6) is 0 Å². The molecule has 1 aliphatic rings. The van der Waals surface area contributed by atoms with Crippen LogP contribution in [0.1, 0.15) is 19.9 Å². The quantitative estimate of drug-likeness (QED) is 0.689. The van der Waals surface area contributed by atoms with E-state index in [1.54, 1.807) is 6.33 Å². The van der Waals surface area contributed by atoms with Crippen LogP contribution in [0, 0.1) is 5.82 Å². The lowest BCUT2D eigenvalue weighted by Gasteiger charge is -2.34. The van der Waals surface area contributed by atoms with Gasteiger partial charge >= 0.3 is 0 Å². The number of anilines is 1. The van der Waals surface area contributed by atoms with E-state index in [1.807, 2.05) is 28.2 Å². The number of halogens is 1. The monoisotopic (exact) mass is 420 g/mol. The fraction of sp³-hybridized carbons (Fsp3) is 0.474. The Morgan fingerprint density at radius 1 is 1.17 bits per heavy atom. The summed E-state index contributed by atoms with van der Waals surface area (Å²) in [6.07, 6.45) is 1.67. The summed E-state index contributed by atoms with van der Waals surface area (Å²) in [5, 5.41) is 11.5. The minimum absolute atomic E-state index is 0.0590. The number of piperazine rings is 1. The molecule has 0 saturated carbocycles. The molecule has 2 aromatic rings. The highest BCUT2D eigenvalue weighted by Gasteiger charge is 2.23. The molecule has 3 rings (SSSR count). The van der Waals surface area contributed by atoms with E-state index in [2.05, 4.69) is 15.5 Å². The van der Waals surface area contributed by atoms with Crippen LogP contribution in [0.25, 0.3) is 0 Å². The molecule has 10 heteroatoms. The third-order valence-electron chi connectivity index (χ3n) is 4.64. The molecular formula is C19H25FN6O2S. The second kappa shape index (κ2) is 9.84. The summed E-state index contributed by atoms with van der Waals surface area (Å²) in [7, 11) is 0. The first-order valence-electron chi connectivity index (χ1n) is 9.50. The average Bonchev–Trinajstić information content (AvgIpc) is 3.17. The number of nitrogens with one attached hydrogen (secondary N) is 1. The molecule has 1 fully saturated rings. The van der Waals surface area contributed by atoms with Gasteiger partial charge in [0.25, 0.3) is 0 Å². The smallest absolute Gasteiger partial charge is 0.238 e. The molecule has 1 saturated heterocycles. The van der Waals surface area contributed by atoms with Crippen LogP contribution < -0.4 is 5.32 Å². The largest absolute Gasteiger partial charge is 0.339 e. The van der Waals surface area contributed by atoms with E-state index in [0.29, 0.717) is 37.6 Å². The number of carbonyl (C=O) groups is 2. The SMILES string of the molecule is CC(C)n1cnnc1SCC(=O)N1CCN(CC(=O)Nc2ccc(F)cc2)CC1. The van der Waals surface area contributed by atoms with Crippen LogP contribution in [-0.2, 0) is 9.59 Å². The molecule has 2 heterocycles. The molecule has 29 heavy (non-hydrogen) atoms. The first-order valence-corrected chi connectivity index (χ1v) is 10.5. The Balaban J connectivity index is 1.40. The predicted molar refractivity (Wildman–Crippen MR) is 109 cm³/mol. The van der Waals surface area contributed by atoms with E-state index in [9.17, 15) is 14.0 Å². The van der Waals surface area contributed by atoms with Crippen LogP contribution in [0.2, 0.25) is 0 Å². The summed E-state index contributed by atoms with van der Waals surface area (Å²) < 4.78 is 14.9. The maximum atomic E-state index is 12.9. The van der Waals surface area contributed by atoms with Crippen molar-refractivity contribution in [3.05, 3.63) is 36.4 Å². The number of amides is 2. The van der Waals surface area contributed by atoms with Gasteiger partial charge in [-0.05, 0) is 38.1 Å². The normalized spacial score (nSPS) is 15.0. The molecule has 0 aliphatic carbocycles. The van der Waals surface area contributed by atoms with Crippen molar-refractivity contribution in [2.24, 2.45) is 0 Å². The topological polar surface area (TPSA) is 83.4 Å². The fourth-order valence-electron chi connectivity index (χ4n) is 3.00. The van der Waals surface area contributed by atoms with Gasteiger partial charge in [0.1, 0.15) is 12.1 Å². The molecule has 8 nitrogen and oxygen atoms in total. The molecule has 0 atom stereocenters. The number of carbonyl (C=O) groups excluding carboxylic acids is 2. The molecular weight excluding hydrogens is 395 g/mol. The van der Waals surface area contributed by atoms with Crippen molar-refractivity contribution < 1.29 is 14.0 Å². The van der Waals surface area contributed by atoms with Crippen LogP contribution in [0.4, 0.5) is 10.1 Å². The van der Waals surface area contributed by atoms with Crippen molar-refractivity contribution in [3.8, 4) is 0 Å². The predicted octanol–water partition coefficient (Wildman–Crippen LogP) is 1.87. The highest BCUT2D eigenvalue weighted by molar-refractivity contribution is 7.99. The van der Waals surface area contributed by atoms with Crippen molar-refractivity contribution in [1.82, 2.24) is 24.6 Å². The van der Waals surface area contributed by atoms with Gasteiger partial charge in [-0.15, -0.1) is 10.2 Å². The van der Waals surface area contributed by atoms with Gasteiger partial charge in [0, 0.05) is 37.9 Å². The minimum atomic E-state index is -0.341. The molecule has 1 aliphatic heterocycles. The average molecular weight is 421 g/mol. The molecule has 0 bridgehead atoms. The number of benzene rings is 1. The van der Waals surface area contributed by atoms with Crippen molar-refractivity contribution in [2.45, 2.75) is 25.0 Å². The van der Waals surface area contributed by atoms with Gasteiger partial charge in [-0.3, -0.25) is 14.5 Å². The summed E-state index contributed by atoms with van der Waals surface area (Å²) in [6, 6.07) is 5.92. The summed E-state index contributed by atoms with van der Waals surface area (Å²) in [5.74, 6) is -0.119. The second-order valence-corrected chi connectivity index (χ2v) is 8.06. The number of thioether (sulfide) groups is 1. The van der Waals surface area contributed by atoms with Crippen molar-refractivity contribution >= 4 is 29.3 Å². The zero-order valence-corrected chi connectivity index (χ0v) is 17.4. The number of nitrogens with zero attached hydrogens (tertiary/aromatic N) is 5. The molecule has 1 N–H and O–H groups in total. The molecule has 1 aromatic heterocycles. The van der Waals surface area contributed by atoms with Crippen LogP contribution >= 0.6 is 11.8 Å². The highest BCUT2D eigenvalue weighted by atomic mass is 32.2. The van der Waals surface area contributed by atoms with Gasteiger partial charge in [-0.25, -0.2) is 4.39 Å². The van der Waals surface area contributed by atoms with E-state index >= 15 is 0 Å². The van der Waals surface area contributed by atoms with Crippen molar-refractivity contribution in [2.75, 3.05) is 43.8 Å². The summed E-state index contributed by atoms with van der Waals surface area (Å²) in [4.78, 5) is 28.5. The standard InChI is InChI=1S/C19H25FN6O2S/c1-14(2)26-13-21-23-19(26)29-12-18(28)25-9-7-24(8-10-25)11-17(27)22-16-5-3-15(20)4-6-16/h3-6,13-14H,7-12H2,1-2H3,(H,22,27). The van der Waals surface area contributed by atoms with Gasteiger partial charge in [0.2, 0.25) is 11.8 Å². The molecule has 1 aromatic carbocycles. The number of rotatable bonds is 7. The Bertz CT molecular complexity index is 833. The number of hydrogen-bond acceptors (Lipinski definition) is 6. The summed E-state index contributed by atoms with van der Waals surface area (Å²) in [5.41, 5.74) is 0.566. The van der Waals surface area contributed by atoms with Crippen molar-refractivity contribution in [3.63, 3.8) is 0 Å². The fourth-order valence-corrected chi connectivity index (χ4v) is 3.95. The zero-order chi connectivity index (χ0) is 20.8. The Morgan fingerprint density at radius 3 is 2.52 bits per heavy atom. The lowest BCUT2D eigenvalue weighted by atomic mass is 10.3. The van der Waals surface area contributed by atoms with Gasteiger partial charge in [0.15, 0.2) is 5.16 Å². The van der Waals surface area contributed by atoms with Gasteiger partial charge in [0.05, 0.1) is 12.3 Å². The number of aromatic nitrogens is 3. The third kappa shape index (κ3) is 6.01. The first kappa shape index (κ1) is 21.3. The lowest BCUT2D eigenvalue weighted by Crippen LogP contribution is -2.50.